The first-order valence-electron chi connectivity index (χ1n) is 7.73. The Hall–Kier alpha value is -1.65. The first-order chi connectivity index (χ1) is 11.0. The van der Waals surface area contributed by atoms with E-state index in [0.717, 1.165) is 34.2 Å². The number of nitrogens with zero attached hydrogens (tertiary/aromatic N) is 1. The number of hydrogen-bond donors (Lipinski definition) is 1. The Morgan fingerprint density at radius 3 is 3.00 bits per heavy atom. The average Bonchev–Trinajstić information content (AvgIpc) is 2.67. The van der Waals surface area contributed by atoms with Crippen molar-refractivity contribution in [2.24, 2.45) is 5.92 Å². The molecule has 120 valence electrons. The predicted octanol–water partition coefficient (Wildman–Crippen LogP) is 4.41. The Morgan fingerprint density at radius 1 is 1.43 bits per heavy atom. The molecule has 3 nitrogen and oxygen atoms in total. The highest BCUT2D eigenvalue weighted by molar-refractivity contribution is 9.09. The van der Waals surface area contributed by atoms with Crippen molar-refractivity contribution in [2.75, 3.05) is 5.33 Å². The van der Waals surface area contributed by atoms with Gasteiger partial charge in [0.2, 0.25) is 5.88 Å². The summed E-state index contributed by atoms with van der Waals surface area (Å²) in [5.41, 5.74) is 2.18. The highest BCUT2D eigenvalue weighted by atomic mass is 79.9. The van der Waals surface area contributed by atoms with Crippen molar-refractivity contribution in [1.29, 1.82) is 0 Å². The Balaban J connectivity index is 2.15. The van der Waals surface area contributed by atoms with Gasteiger partial charge in [-0.05, 0) is 50.1 Å². The molecule has 3 rings (SSSR count). The van der Waals surface area contributed by atoms with Crippen molar-refractivity contribution in [2.45, 2.75) is 25.9 Å². The van der Waals surface area contributed by atoms with Crippen LogP contribution in [0.1, 0.15) is 25.8 Å². The fraction of sp³-hybridized carbons (Fsp3) is 0.316. The molecule has 1 N–H and O–H groups in total. The maximum Gasteiger partial charge on any atom is 0.227 e. The van der Waals surface area contributed by atoms with Gasteiger partial charge in [0, 0.05) is 28.6 Å². The highest BCUT2D eigenvalue weighted by Gasteiger charge is 2.34. The van der Waals surface area contributed by atoms with E-state index in [2.05, 4.69) is 33.1 Å². The zero-order chi connectivity index (χ0) is 16.4. The number of aromatic nitrogens is 1. The average molecular weight is 374 g/mol. The van der Waals surface area contributed by atoms with Crippen molar-refractivity contribution in [1.82, 2.24) is 4.98 Å². The molecule has 2 aliphatic rings. The Kier molecular flexibility index (Phi) is 4.55. The number of hydrogen-bond acceptors (Lipinski definition) is 3. The lowest BCUT2D eigenvalue weighted by atomic mass is 9.80. The third-order valence-electron chi connectivity index (χ3n) is 4.00. The largest absolute Gasteiger partial charge is 0.438 e. The molecule has 1 aliphatic heterocycles. The molecule has 1 aliphatic carbocycles. The van der Waals surface area contributed by atoms with Crippen molar-refractivity contribution in [3.05, 3.63) is 65.6 Å². The van der Waals surface area contributed by atoms with Gasteiger partial charge in [-0.1, -0.05) is 34.2 Å². The standard InChI is InChI=1S/C19H20BrNO2/c1-19(2,22)16-8-3-9-17-15(16)12-13(6-4-10-20)14-7-5-11-21-18(14)23-17/h3,5-9,11-12,16,22H,4,10H2,1-2H3. The lowest BCUT2D eigenvalue weighted by molar-refractivity contribution is 0.0492. The molecule has 0 radical (unpaired) electrons. The van der Waals surface area contributed by atoms with Crippen LogP contribution in [0, 0.1) is 5.92 Å². The Bertz CT molecular complexity index is 723. The van der Waals surface area contributed by atoms with Gasteiger partial charge in [-0.2, -0.15) is 0 Å². The number of pyridine rings is 1. The lowest BCUT2D eigenvalue weighted by Crippen LogP contribution is -2.32. The molecule has 1 atom stereocenters. The topological polar surface area (TPSA) is 42.4 Å². The summed E-state index contributed by atoms with van der Waals surface area (Å²) in [6.45, 7) is 3.65. The summed E-state index contributed by atoms with van der Waals surface area (Å²) >= 11 is 3.47. The highest BCUT2D eigenvalue weighted by Crippen LogP contribution is 2.40. The van der Waals surface area contributed by atoms with Gasteiger partial charge in [0.25, 0.3) is 0 Å². The number of ether oxygens (including phenoxy) is 1. The zero-order valence-corrected chi connectivity index (χ0v) is 14.9. The number of allylic oxidation sites excluding steroid dienone is 6. The van der Waals surface area contributed by atoms with Gasteiger partial charge >= 0.3 is 0 Å². The number of alkyl halides is 1. The fourth-order valence-electron chi connectivity index (χ4n) is 2.90. The molecule has 0 saturated carbocycles. The molecule has 0 saturated heterocycles. The van der Waals surface area contributed by atoms with Gasteiger partial charge < -0.3 is 9.84 Å². The molecule has 0 fully saturated rings. The SMILES string of the molecule is CC(C)(O)C1C=CC=C2Oc3ncccc3C(=CCCBr)C=C21. The molecule has 0 aromatic carbocycles. The minimum Gasteiger partial charge on any atom is -0.438 e. The van der Waals surface area contributed by atoms with E-state index in [4.69, 9.17) is 4.74 Å². The van der Waals surface area contributed by atoms with Gasteiger partial charge in [0.05, 0.1) is 5.60 Å². The van der Waals surface area contributed by atoms with Crippen LogP contribution in [0.25, 0.3) is 5.57 Å². The molecule has 0 amide bonds. The third kappa shape index (κ3) is 3.33. The lowest BCUT2D eigenvalue weighted by Gasteiger charge is -2.31. The molecule has 0 spiro atoms. The summed E-state index contributed by atoms with van der Waals surface area (Å²) in [5.74, 6) is 1.24. The Morgan fingerprint density at radius 2 is 2.26 bits per heavy atom. The van der Waals surface area contributed by atoms with Crippen LogP contribution in [0.3, 0.4) is 0 Å². The van der Waals surface area contributed by atoms with E-state index in [0.29, 0.717) is 5.88 Å². The van der Waals surface area contributed by atoms with Crippen molar-refractivity contribution in [3.8, 4) is 5.88 Å². The van der Waals surface area contributed by atoms with Crippen LogP contribution < -0.4 is 4.74 Å². The van der Waals surface area contributed by atoms with Gasteiger partial charge in [-0.3, -0.25) is 0 Å². The second kappa shape index (κ2) is 6.46. The van der Waals surface area contributed by atoms with Crippen molar-refractivity contribution < 1.29 is 9.84 Å². The minimum absolute atomic E-state index is 0.121. The van der Waals surface area contributed by atoms with Crippen LogP contribution in [0.4, 0.5) is 0 Å². The van der Waals surface area contributed by atoms with Crippen LogP contribution in [0.15, 0.2) is 60.0 Å². The van der Waals surface area contributed by atoms with E-state index in [1.165, 1.54) is 0 Å². The van der Waals surface area contributed by atoms with E-state index in [-0.39, 0.29) is 5.92 Å². The minimum atomic E-state index is -0.865. The van der Waals surface area contributed by atoms with E-state index >= 15 is 0 Å². The molecule has 1 aromatic rings. The van der Waals surface area contributed by atoms with Gasteiger partial charge in [-0.25, -0.2) is 4.98 Å². The molecule has 23 heavy (non-hydrogen) atoms. The number of halogens is 1. The summed E-state index contributed by atoms with van der Waals surface area (Å²) < 4.78 is 6.06. The molecule has 0 bridgehead atoms. The fourth-order valence-corrected chi connectivity index (χ4v) is 3.13. The van der Waals surface area contributed by atoms with Gasteiger partial charge in [0.15, 0.2) is 0 Å². The van der Waals surface area contributed by atoms with Gasteiger partial charge in [0.1, 0.15) is 5.76 Å². The van der Waals surface area contributed by atoms with Crippen LogP contribution in [0.5, 0.6) is 5.88 Å². The summed E-state index contributed by atoms with van der Waals surface area (Å²) in [5, 5.41) is 11.4. The summed E-state index contributed by atoms with van der Waals surface area (Å²) in [6.07, 6.45) is 12.8. The van der Waals surface area contributed by atoms with Crippen molar-refractivity contribution >= 4 is 21.5 Å². The maximum atomic E-state index is 10.5. The molecule has 2 heterocycles. The maximum absolute atomic E-state index is 10.5. The van der Waals surface area contributed by atoms with Crippen LogP contribution >= 0.6 is 15.9 Å². The van der Waals surface area contributed by atoms with Gasteiger partial charge in [-0.15, -0.1) is 0 Å². The summed E-state index contributed by atoms with van der Waals surface area (Å²) in [6, 6.07) is 3.93. The molecule has 4 heteroatoms. The zero-order valence-electron chi connectivity index (χ0n) is 13.3. The van der Waals surface area contributed by atoms with Crippen LogP contribution in [0.2, 0.25) is 0 Å². The van der Waals surface area contributed by atoms with E-state index in [1.807, 2.05) is 44.2 Å². The monoisotopic (exact) mass is 373 g/mol. The smallest absolute Gasteiger partial charge is 0.227 e. The third-order valence-corrected chi connectivity index (χ3v) is 4.46. The predicted molar refractivity (Wildman–Crippen MR) is 96.3 cm³/mol. The normalized spacial score (nSPS) is 21.7. The Labute approximate surface area is 145 Å². The van der Waals surface area contributed by atoms with Crippen LogP contribution in [-0.4, -0.2) is 21.0 Å². The van der Waals surface area contributed by atoms with Crippen molar-refractivity contribution in [3.63, 3.8) is 0 Å². The quantitative estimate of drug-likeness (QED) is 0.797. The second-order valence-electron chi connectivity index (χ2n) is 6.24. The first-order valence-corrected chi connectivity index (χ1v) is 8.85. The first kappa shape index (κ1) is 16.2. The van der Waals surface area contributed by atoms with E-state index in [1.54, 1.807) is 6.20 Å². The molecule has 1 unspecified atom stereocenters. The second-order valence-corrected chi connectivity index (χ2v) is 7.04. The number of aliphatic hydroxyl groups is 1. The number of fused-ring (bicyclic) bond motifs is 2. The molecular formula is C19H20BrNO2. The molecule has 1 aromatic heterocycles. The van der Waals surface area contributed by atoms with E-state index < -0.39 is 5.60 Å². The summed E-state index contributed by atoms with van der Waals surface area (Å²) in [4.78, 5) is 4.38. The van der Waals surface area contributed by atoms with E-state index in [9.17, 15) is 5.11 Å². The summed E-state index contributed by atoms with van der Waals surface area (Å²) in [7, 11) is 0. The number of rotatable bonds is 3. The molecular weight excluding hydrogens is 354 g/mol. The van der Waals surface area contributed by atoms with Crippen LogP contribution in [-0.2, 0) is 0 Å².